The summed E-state index contributed by atoms with van der Waals surface area (Å²) < 4.78 is 2.08. The highest BCUT2D eigenvalue weighted by Gasteiger charge is 2.23. The SMILES string of the molecule is CC(C)NC(=O)c1c(O)c2sccc2n(Cc2ccccc2)c1=O. The van der Waals surface area contributed by atoms with Gasteiger partial charge in [-0.25, -0.2) is 0 Å². The molecule has 0 aliphatic heterocycles. The van der Waals surface area contributed by atoms with Gasteiger partial charge >= 0.3 is 0 Å². The van der Waals surface area contributed by atoms with E-state index < -0.39 is 11.5 Å². The maximum Gasteiger partial charge on any atom is 0.268 e. The van der Waals surface area contributed by atoms with Gasteiger partial charge < -0.3 is 15.0 Å². The van der Waals surface area contributed by atoms with Crippen molar-refractivity contribution in [3.63, 3.8) is 0 Å². The second-order valence-corrected chi connectivity index (χ2v) is 6.78. The number of nitrogens with zero attached hydrogens (tertiary/aromatic N) is 1. The predicted octanol–water partition coefficient (Wildman–Crippen LogP) is 2.96. The molecule has 0 spiro atoms. The van der Waals surface area contributed by atoms with Crippen molar-refractivity contribution in [2.24, 2.45) is 0 Å². The largest absolute Gasteiger partial charge is 0.505 e. The molecular formula is C18H18N2O3S. The zero-order valence-corrected chi connectivity index (χ0v) is 14.3. The Hall–Kier alpha value is -2.60. The molecule has 1 amide bonds. The second-order valence-electron chi connectivity index (χ2n) is 5.86. The number of pyridine rings is 1. The van der Waals surface area contributed by atoms with E-state index in [4.69, 9.17) is 0 Å². The highest BCUT2D eigenvalue weighted by Crippen LogP contribution is 2.31. The van der Waals surface area contributed by atoms with Crippen LogP contribution in [0.5, 0.6) is 5.75 Å². The lowest BCUT2D eigenvalue weighted by Gasteiger charge is -2.14. The Morgan fingerprint density at radius 1 is 1.25 bits per heavy atom. The number of thiophene rings is 1. The Bertz CT molecular complexity index is 942. The number of carbonyl (C=O) groups excluding carboxylic acids is 1. The lowest BCUT2D eigenvalue weighted by molar-refractivity contribution is 0.0938. The summed E-state index contributed by atoms with van der Waals surface area (Å²) in [6, 6.07) is 11.2. The van der Waals surface area contributed by atoms with Crippen LogP contribution in [0.1, 0.15) is 29.8 Å². The zero-order valence-electron chi connectivity index (χ0n) is 13.4. The van der Waals surface area contributed by atoms with Crippen molar-refractivity contribution in [1.29, 1.82) is 0 Å². The van der Waals surface area contributed by atoms with Crippen molar-refractivity contribution < 1.29 is 9.90 Å². The van der Waals surface area contributed by atoms with Gasteiger partial charge in [-0.1, -0.05) is 30.3 Å². The van der Waals surface area contributed by atoms with Crippen LogP contribution in [0, 0.1) is 0 Å². The van der Waals surface area contributed by atoms with E-state index in [9.17, 15) is 14.7 Å². The topological polar surface area (TPSA) is 71.3 Å². The molecule has 0 radical (unpaired) electrons. The summed E-state index contributed by atoms with van der Waals surface area (Å²) in [4.78, 5) is 25.3. The molecule has 0 bridgehead atoms. The van der Waals surface area contributed by atoms with E-state index in [-0.39, 0.29) is 17.4 Å². The van der Waals surface area contributed by atoms with Crippen molar-refractivity contribution in [3.8, 4) is 5.75 Å². The van der Waals surface area contributed by atoms with Gasteiger partial charge in [-0.15, -0.1) is 11.3 Å². The Balaban J connectivity index is 2.19. The molecular weight excluding hydrogens is 324 g/mol. The molecule has 3 aromatic rings. The second kappa shape index (κ2) is 6.49. The first-order valence-electron chi connectivity index (χ1n) is 7.66. The van der Waals surface area contributed by atoms with E-state index in [1.165, 1.54) is 15.9 Å². The van der Waals surface area contributed by atoms with Crippen LogP contribution in [0.15, 0.2) is 46.6 Å². The molecule has 2 heterocycles. The van der Waals surface area contributed by atoms with Gasteiger partial charge in [-0.2, -0.15) is 0 Å². The van der Waals surface area contributed by atoms with Crippen LogP contribution >= 0.6 is 11.3 Å². The number of aromatic nitrogens is 1. The van der Waals surface area contributed by atoms with Gasteiger partial charge in [0.1, 0.15) is 5.56 Å². The Morgan fingerprint density at radius 3 is 2.62 bits per heavy atom. The highest BCUT2D eigenvalue weighted by molar-refractivity contribution is 7.17. The van der Waals surface area contributed by atoms with Gasteiger partial charge in [-0.3, -0.25) is 9.59 Å². The van der Waals surface area contributed by atoms with Crippen LogP contribution < -0.4 is 10.9 Å². The number of nitrogens with one attached hydrogen (secondary N) is 1. The van der Waals surface area contributed by atoms with Crippen molar-refractivity contribution in [2.75, 3.05) is 0 Å². The quantitative estimate of drug-likeness (QED) is 0.766. The number of carbonyl (C=O) groups is 1. The molecule has 0 atom stereocenters. The summed E-state index contributed by atoms with van der Waals surface area (Å²) in [5.41, 5.74) is 0.899. The van der Waals surface area contributed by atoms with Gasteiger partial charge in [0.15, 0.2) is 5.75 Å². The number of aromatic hydroxyl groups is 1. The lowest BCUT2D eigenvalue weighted by atomic mass is 10.1. The van der Waals surface area contributed by atoms with E-state index >= 15 is 0 Å². The van der Waals surface area contributed by atoms with Crippen LogP contribution in [0.3, 0.4) is 0 Å². The van der Waals surface area contributed by atoms with Crippen LogP contribution in [0.2, 0.25) is 0 Å². The Kier molecular flexibility index (Phi) is 4.40. The first-order valence-corrected chi connectivity index (χ1v) is 8.54. The number of hydrogen-bond donors (Lipinski definition) is 2. The third-order valence-corrected chi connectivity index (χ3v) is 4.59. The smallest absolute Gasteiger partial charge is 0.268 e. The molecule has 2 N–H and O–H groups in total. The molecule has 0 saturated heterocycles. The van der Waals surface area contributed by atoms with E-state index in [1.807, 2.05) is 30.3 Å². The zero-order chi connectivity index (χ0) is 17.3. The summed E-state index contributed by atoms with van der Waals surface area (Å²) in [5.74, 6) is -0.794. The summed E-state index contributed by atoms with van der Waals surface area (Å²) in [5, 5.41) is 14.9. The summed E-state index contributed by atoms with van der Waals surface area (Å²) in [6.45, 7) is 3.96. The molecule has 5 nitrogen and oxygen atoms in total. The fraction of sp³-hybridized carbons (Fsp3) is 0.222. The maximum absolute atomic E-state index is 12.9. The van der Waals surface area contributed by atoms with Gasteiger partial charge in [0, 0.05) is 6.04 Å². The molecule has 3 rings (SSSR count). The van der Waals surface area contributed by atoms with E-state index in [1.54, 1.807) is 25.3 Å². The highest BCUT2D eigenvalue weighted by atomic mass is 32.1. The van der Waals surface area contributed by atoms with Crippen LogP contribution in [-0.2, 0) is 6.54 Å². The molecule has 0 unspecified atom stereocenters. The third-order valence-electron chi connectivity index (χ3n) is 3.68. The minimum atomic E-state index is -0.551. The van der Waals surface area contributed by atoms with Crippen molar-refractivity contribution >= 4 is 27.5 Å². The molecule has 0 fully saturated rings. The predicted molar refractivity (Wildman–Crippen MR) is 95.9 cm³/mol. The molecule has 0 aliphatic rings. The van der Waals surface area contributed by atoms with Gasteiger partial charge in [0.05, 0.1) is 16.8 Å². The summed E-state index contributed by atoms with van der Waals surface area (Å²) in [7, 11) is 0. The van der Waals surface area contributed by atoms with E-state index in [2.05, 4.69) is 5.32 Å². The number of hydrogen-bond acceptors (Lipinski definition) is 4. The average Bonchev–Trinajstić information content (AvgIpc) is 3.01. The minimum absolute atomic E-state index is 0.127. The van der Waals surface area contributed by atoms with Crippen molar-refractivity contribution in [3.05, 3.63) is 63.3 Å². The molecule has 1 aromatic carbocycles. The normalized spacial score (nSPS) is 11.1. The first kappa shape index (κ1) is 16.3. The average molecular weight is 342 g/mol. The number of rotatable bonds is 4. The molecule has 24 heavy (non-hydrogen) atoms. The third kappa shape index (κ3) is 2.92. The first-order chi connectivity index (χ1) is 11.5. The van der Waals surface area contributed by atoms with Crippen LogP contribution in [0.4, 0.5) is 0 Å². The Morgan fingerprint density at radius 2 is 1.96 bits per heavy atom. The molecule has 0 saturated carbocycles. The van der Waals surface area contributed by atoms with Crippen molar-refractivity contribution in [1.82, 2.24) is 9.88 Å². The summed E-state index contributed by atoms with van der Waals surface area (Å²) in [6.07, 6.45) is 0. The molecule has 2 aromatic heterocycles. The van der Waals surface area contributed by atoms with Gasteiger partial charge in [0.2, 0.25) is 0 Å². The molecule has 124 valence electrons. The van der Waals surface area contributed by atoms with E-state index in [0.29, 0.717) is 16.8 Å². The summed E-state index contributed by atoms with van der Waals surface area (Å²) >= 11 is 1.31. The molecule has 6 heteroatoms. The monoisotopic (exact) mass is 342 g/mol. The van der Waals surface area contributed by atoms with E-state index in [0.717, 1.165) is 5.56 Å². The van der Waals surface area contributed by atoms with Gasteiger partial charge in [0.25, 0.3) is 11.5 Å². The van der Waals surface area contributed by atoms with Crippen LogP contribution in [0.25, 0.3) is 10.2 Å². The number of amides is 1. The van der Waals surface area contributed by atoms with Crippen LogP contribution in [-0.4, -0.2) is 21.6 Å². The maximum atomic E-state index is 12.9. The number of benzene rings is 1. The lowest BCUT2D eigenvalue weighted by Crippen LogP contribution is -2.36. The fourth-order valence-electron chi connectivity index (χ4n) is 2.61. The minimum Gasteiger partial charge on any atom is -0.505 e. The standard InChI is InChI=1S/C18H18N2O3S/c1-11(2)19-17(22)14-15(21)16-13(8-9-24-16)20(18(14)23)10-12-6-4-3-5-7-12/h3-9,11,21H,10H2,1-2H3,(H,19,22). The fourth-order valence-corrected chi connectivity index (χ4v) is 3.46. The number of fused-ring (bicyclic) bond motifs is 1. The Labute approximate surface area is 143 Å². The molecule has 0 aliphatic carbocycles. The van der Waals surface area contributed by atoms with Crippen molar-refractivity contribution in [2.45, 2.75) is 26.4 Å². The van der Waals surface area contributed by atoms with Gasteiger partial charge in [-0.05, 0) is 30.9 Å².